The van der Waals surface area contributed by atoms with Crippen molar-refractivity contribution < 1.29 is 4.74 Å². The lowest BCUT2D eigenvalue weighted by Gasteiger charge is -2.46. The molecule has 0 bridgehead atoms. The highest BCUT2D eigenvalue weighted by Gasteiger charge is 2.37. The molecule has 0 aliphatic carbocycles. The van der Waals surface area contributed by atoms with Gasteiger partial charge in [-0.15, -0.1) is 10.2 Å². The third kappa shape index (κ3) is 4.22. The molecule has 3 N–H and O–H groups in total. The largest absolute Gasteiger partial charge is 0.497 e. The molecule has 0 amide bonds. The fourth-order valence-corrected chi connectivity index (χ4v) is 3.96. The van der Waals surface area contributed by atoms with Crippen molar-refractivity contribution >= 4 is 5.95 Å². The Morgan fingerprint density at radius 3 is 2.23 bits per heavy atom. The molecule has 7 heteroatoms. The number of piperidine rings is 1. The molecule has 0 saturated carbocycles. The SMILES string of the molecule is COc1ccc(-c2nnc(NC3CC(C)(C)NC(C)(C)C3)[nH]c2=O)cc1. The Kier molecular flexibility index (Phi) is 4.75. The van der Waals surface area contributed by atoms with Crippen molar-refractivity contribution in [3.05, 3.63) is 34.6 Å². The van der Waals surface area contributed by atoms with Gasteiger partial charge in [0.2, 0.25) is 5.95 Å². The molecule has 0 atom stereocenters. The molecule has 7 nitrogen and oxygen atoms in total. The van der Waals surface area contributed by atoms with Crippen LogP contribution in [0.1, 0.15) is 40.5 Å². The number of hydrogen-bond acceptors (Lipinski definition) is 6. The fraction of sp³-hybridized carbons (Fsp3) is 0.526. The number of methoxy groups -OCH3 is 1. The van der Waals surface area contributed by atoms with Crippen LogP contribution in [0.15, 0.2) is 29.1 Å². The molecular formula is C19H27N5O2. The number of hydrogen-bond donors (Lipinski definition) is 3. The average molecular weight is 357 g/mol. The van der Waals surface area contributed by atoms with E-state index in [-0.39, 0.29) is 22.7 Å². The number of anilines is 1. The molecule has 1 aliphatic heterocycles. The standard InChI is InChI=1S/C19H27N5O2/c1-18(2)10-13(11-19(3,4)24-18)20-17-21-16(25)15(22-23-17)12-6-8-14(26-5)9-7-12/h6-9,13,24H,10-11H2,1-5H3,(H2,20,21,23,25). The first-order chi connectivity index (χ1) is 12.2. The summed E-state index contributed by atoms with van der Waals surface area (Å²) >= 11 is 0. The first-order valence-corrected chi connectivity index (χ1v) is 8.85. The van der Waals surface area contributed by atoms with Gasteiger partial charge in [0.05, 0.1) is 7.11 Å². The zero-order chi connectivity index (χ0) is 18.9. The van der Waals surface area contributed by atoms with Gasteiger partial charge in [0.25, 0.3) is 5.56 Å². The van der Waals surface area contributed by atoms with Gasteiger partial charge >= 0.3 is 0 Å². The molecule has 0 radical (unpaired) electrons. The maximum Gasteiger partial charge on any atom is 0.279 e. The Balaban J connectivity index is 1.78. The first kappa shape index (κ1) is 18.4. The molecule has 1 saturated heterocycles. The molecule has 3 rings (SSSR count). The monoisotopic (exact) mass is 357 g/mol. The molecule has 1 aliphatic rings. The minimum atomic E-state index is -0.264. The van der Waals surface area contributed by atoms with Crippen LogP contribution in [0.4, 0.5) is 5.95 Å². The van der Waals surface area contributed by atoms with E-state index in [4.69, 9.17) is 4.74 Å². The smallest absolute Gasteiger partial charge is 0.279 e. The van der Waals surface area contributed by atoms with E-state index in [0.717, 1.165) is 18.6 Å². The molecule has 0 unspecified atom stereocenters. The summed E-state index contributed by atoms with van der Waals surface area (Å²) in [4.78, 5) is 15.3. The van der Waals surface area contributed by atoms with Crippen LogP contribution in [-0.2, 0) is 0 Å². The highest BCUT2D eigenvalue weighted by atomic mass is 16.5. The van der Waals surface area contributed by atoms with Crippen LogP contribution in [0.5, 0.6) is 5.75 Å². The lowest BCUT2D eigenvalue weighted by molar-refractivity contribution is 0.170. The molecular weight excluding hydrogens is 330 g/mol. The van der Waals surface area contributed by atoms with Crippen LogP contribution in [0.2, 0.25) is 0 Å². The van der Waals surface area contributed by atoms with Crippen molar-refractivity contribution in [3.63, 3.8) is 0 Å². The van der Waals surface area contributed by atoms with Crippen molar-refractivity contribution in [1.82, 2.24) is 20.5 Å². The summed E-state index contributed by atoms with van der Waals surface area (Å²) in [5, 5.41) is 15.3. The van der Waals surface area contributed by atoms with E-state index in [1.54, 1.807) is 31.4 Å². The van der Waals surface area contributed by atoms with E-state index in [1.165, 1.54) is 0 Å². The Bertz CT molecular complexity index is 811. The van der Waals surface area contributed by atoms with E-state index < -0.39 is 0 Å². The van der Waals surface area contributed by atoms with Crippen LogP contribution >= 0.6 is 0 Å². The van der Waals surface area contributed by atoms with Crippen LogP contribution in [0.3, 0.4) is 0 Å². The molecule has 26 heavy (non-hydrogen) atoms. The van der Waals surface area contributed by atoms with Gasteiger partial charge in [0, 0.05) is 22.7 Å². The number of aromatic nitrogens is 3. The number of nitrogens with zero attached hydrogens (tertiary/aromatic N) is 2. The Morgan fingerprint density at radius 2 is 1.69 bits per heavy atom. The summed E-state index contributed by atoms with van der Waals surface area (Å²) in [6, 6.07) is 7.38. The maximum atomic E-state index is 12.4. The van der Waals surface area contributed by atoms with Crippen LogP contribution < -0.4 is 20.9 Å². The fourth-order valence-electron chi connectivity index (χ4n) is 3.96. The maximum absolute atomic E-state index is 12.4. The summed E-state index contributed by atoms with van der Waals surface area (Å²) in [6.45, 7) is 8.74. The Labute approximate surface area is 153 Å². The molecule has 140 valence electrons. The molecule has 1 aromatic heterocycles. The second kappa shape index (κ2) is 6.72. The van der Waals surface area contributed by atoms with E-state index in [9.17, 15) is 4.79 Å². The molecule has 2 aromatic rings. The number of rotatable bonds is 4. The van der Waals surface area contributed by atoms with Crippen molar-refractivity contribution in [3.8, 4) is 17.0 Å². The van der Waals surface area contributed by atoms with Crippen molar-refractivity contribution in [2.75, 3.05) is 12.4 Å². The van der Waals surface area contributed by atoms with E-state index in [0.29, 0.717) is 17.2 Å². The molecule has 1 aromatic carbocycles. The van der Waals surface area contributed by atoms with Gasteiger partial charge in [-0.05, 0) is 64.8 Å². The van der Waals surface area contributed by atoms with E-state index in [1.807, 2.05) is 0 Å². The minimum Gasteiger partial charge on any atom is -0.497 e. The van der Waals surface area contributed by atoms with Crippen molar-refractivity contribution in [1.29, 1.82) is 0 Å². The van der Waals surface area contributed by atoms with Crippen LogP contribution in [-0.4, -0.2) is 39.4 Å². The average Bonchev–Trinajstić information content (AvgIpc) is 2.52. The Hall–Kier alpha value is -2.41. The summed E-state index contributed by atoms with van der Waals surface area (Å²) in [6.07, 6.45) is 1.86. The number of nitrogens with one attached hydrogen (secondary N) is 3. The molecule has 2 heterocycles. The second-order valence-electron chi connectivity index (χ2n) is 8.22. The van der Waals surface area contributed by atoms with Crippen LogP contribution in [0.25, 0.3) is 11.3 Å². The quantitative estimate of drug-likeness (QED) is 0.779. The highest BCUT2D eigenvalue weighted by Crippen LogP contribution is 2.29. The predicted molar refractivity (Wildman–Crippen MR) is 103 cm³/mol. The third-order valence-electron chi connectivity index (χ3n) is 4.59. The van der Waals surface area contributed by atoms with Crippen molar-refractivity contribution in [2.24, 2.45) is 0 Å². The van der Waals surface area contributed by atoms with Gasteiger partial charge in [0.15, 0.2) is 5.69 Å². The molecule has 0 spiro atoms. The van der Waals surface area contributed by atoms with Gasteiger partial charge in [-0.1, -0.05) is 0 Å². The molecule has 1 fully saturated rings. The first-order valence-electron chi connectivity index (χ1n) is 8.85. The van der Waals surface area contributed by atoms with Gasteiger partial charge in [-0.25, -0.2) is 0 Å². The lowest BCUT2D eigenvalue weighted by Crippen LogP contribution is -2.60. The Morgan fingerprint density at radius 1 is 1.08 bits per heavy atom. The predicted octanol–water partition coefficient (Wildman–Crippen LogP) is 2.56. The third-order valence-corrected chi connectivity index (χ3v) is 4.59. The minimum absolute atomic E-state index is 0.0101. The lowest BCUT2D eigenvalue weighted by atomic mass is 9.80. The highest BCUT2D eigenvalue weighted by molar-refractivity contribution is 5.58. The van der Waals surface area contributed by atoms with Gasteiger partial charge in [-0.2, -0.15) is 0 Å². The number of aromatic amines is 1. The zero-order valence-corrected chi connectivity index (χ0v) is 16.0. The summed E-state index contributed by atoms with van der Waals surface area (Å²) < 4.78 is 5.14. The van der Waals surface area contributed by atoms with Gasteiger partial charge in [-0.3, -0.25) is 9.78 Å². The zero-order valence-electron chi connectivity index (χ0n) is 16.0. The number of benzene rings is 1. The normalized spacial score (nSPS) is 19.1. The number of H-pyrrole nitrogens is 1. The second-order valence-corrected chi connectivity index (χ2v) is 8.22. The van der Waals surface area contributed by atoms with E-state index >= 15 is 0 Å². The summed E-state index contributed by atoms with van der Waals surface area (Å²) in [5.41, 5.74) is 0.756. The van der Waals surface area contributed by atoms with Gasteiger partial charge in [0.1, 0.15) is 5.75 Å². The summed E-state index contributed by atoms with van der Waals surface area (Å²) in [5.74, 6) is 1.14. The van der Waals surface area contributed by atoms with Crippen molar-refractivity contribution in [2.45, 2.75) is 57.7 Å². The van der Waals surface area contributed by atoms with Crippen LogP contribution in [0, 0.1) is 0 Å². The van der Waals surface area contributed by atoms with E-state index in [2.05, 4.69) is 53.5 Å². The van der Waals surface area contributed by atoms with Gasteiger partial charge < -0.3 is 15.4 Å². The topological polar surface area (TPSA) is 91.9 Å². The number of ether oxygens (including phenoxy) is 1. The summed E-state index contributed by atoms with van der Waals surface area (Å²) in [7, 11) is 1.60.